The highest BCUT2D eigenvalue weighted by atomic mass is 19.4. The maximum Gasteiger partial charge on any atom is 0.416 e. The molecule has 0 heterocycles. The highest BCUT2D eigenvalue weighted by Crippen LogP contribution is 2.47. The van der Waals surface area contributed by atoms with E-state index >= 15 is 0 Å². The Balaban J connectivity index is 2.13. The molecule has 1 aliphatic rings. The van der Waals surface area contributed by atoms with Gasteiger partial charge in [-0.1, -0.05) is 12.1 Å². The number of rotatable bonds is 2. The van der Waals surface area contributed by atoms with E-state index in [0.29, 0.717) is 12.0 Å². The smallest absolute Gasteiger partial charge is 0.416 e. The van der Waals surface area contributed by atoms with Gasteiger partial charge in [-0.3, -0.25) is 4.79 Å². The first-order chi connectivity index (χ1) is 7.39. The summed E-state index contributed by atoms with van der Waals surface area (Å²) in [6.07, 6.45) is -3.82. The maximum absolute atomic E-state index is 12.2. The van der Waals surface area contributed by atoms with E-state index in [9.17, 15) is 18.0 Å². The lowest BCUT2D eigenvalue weighted by atomic mass is 10.1. The molecule has 1 saturated carbocycles. The molecule has 86 valence electrons. The molecule has 1 N–H and O–H groups in total. The van der Waals surface area contributed by atoms with Crippen molar-refractivity contribution in [3.63, 3.8) is 0 Å². The van der Waals surface area contributed by atoms with Crippen LogP contribution in [0.5, 0.6) is 0 Å². The quantitative estimate of drug-likeness (QED) is 0.848. The van der Waals surface area contributed by atoms with Crippen molar-refractivity contribution in [2.45, 2.75) is 18.5 Å². The average Bonchev–Trinajstić information content (AvgIpc) is 2.96. The fraction of sp³-hybridized carbons (Fsp3) is 0.364. The molecular weight excluding hydrogens is 221 g/mol. The second-order valence-electron chi connectivity index (χ2n) is 3.91. The summed E-state index contributed by atoms with van der Waals surface area (Å²) >= 11 is 0. The molecule has 1 aromatic rings. The van der Waals surface area contributed by atoms with Crippen LogP contribution in [0.25, 0.3) is 0 Å². The summed E-state index contributed by atoms with van der Waals surface area (Å²) in [7, 11) is 0. The molecule has 1 aliphatic carbocycles. The molecule has 2 nitrogen and oxygen atoms in total. The first kappa shape index (κ1) is 11.0. The Morgan fingerprint density at radius 1 is 1.25 bits per heavy atom. The summed E-state index contributed by atoms with van der Waals surface area (Å²) in [6.45, 7) is 0. The highest BCUT2D eigenvalue weighted by molar-refractivity contribution is 5.75. The lowest BCUT2D eigenvalue weighted by Gasteiger charge is -2.07. The molecule has 0 spiro atoms. The van der Waals surface area contributed by atoms with Gasteiger partial charge in [0.2, 0.25) is 0 Å². The molecule has 0 bridgehead atoms. The molecular formula is C11H9F3O2. The summed E-state index contributed by atoms with van der Waals surface area (Å²) in [5, 5.41) is 8.69. The molecule has 0 aromatic heterocycles. The minimum absolute atomic E-state index is 0.125. The number of carboxylic acids is 1. The van der Waals surface area contributed by atoms with Gasteiger partial charge in [-0.05, 0) is 30.0 Å². The van der Waals surface area contributed by atoms with Gasteiger partial charge in [0.05, 0.1) is 11.5 Å². The fourth-order valence-electron chi connectivity index (χ4n) is 1.76. The molecule has 2 rings (SSSR count). The Hall–Kier alpha value is -1.52. The van der Waals surface area contributed by atoms with Gasteiger partial charge in [0.15, 0.2) is 0 Å². The first-order valence-corrected chi connectivity index (χ1v) is 4.79. The van der Waals surface area contributed by atoms with Gasteiger partial charge in [0.1, 0.15) is 0 Å². The number of carboxylic acid groups (broad SMARTS) is 1. The average molecular weight is 230 g/mol. The predicted octanol–water partition coefficient (Wildman–Crippen LogP) is 2.89. The van der Waals surface area contributed by atoms with Gasteiger partial charge >= 0.3 is 12.1 Å². The minimum atomic E-state index is -4.34. The summed E-state index contributed by atoms with van der Waals surface area (Å²) in [4.78, 5) is 10.6. The van der Waals surface area contributed by atoms with Crippen LogP contribution in [0.2, 0.25) is 0 Å². The van der Waals surface area contributed by atoms with E-state index in [-0.39, 0.29) is 5.92 Å². The number of benzene rings is 1. The fourth-order valence-corrected chi connectivity index (χ4v) is 1.76. The Kier molecular flexibility index (Phi) is 2.40. The van der Waals surface area contributed by atoms with E-state index in [4.69, 9.17) is 5.11 Å². The van der Waals surface area contributed by atoms with Crippen LogP contribution in [0.4, 0.5) is 13.2 Å². The van der Waals surface area contributed by atoms with Gasteiger partial charge in [-0.25, -0.2) is 0 Å². The van der Waals surface area contributed by atoms with E-state index in [0.717, 1.165) is 12.1 Å². The largest absolute Gasteiger partial charge is 0.481 e. The third kappa shape index (κ3) is 2.03. The van der Waals surface area contributed by atoms with Crippen molar-refractivity contribution >= 4 is 5.97 Å². The molecule has 16 heavy (non-hydrogen) atoms. The molecule has 5 heteroatoms. The molecule has 1 fully saturated rings. The number of aliphatic carboxylic acids is 1. The summed E-state index contributed by atoms with van der Waals surface area (Å²) < 4.78 is 36.7. The monoisotopic (exact) mass is 230 g/mol. The van der Waals surface area contributed by atoms with Crippen LogP contribution in [0.1, 0.15) is 23.5 Å². The van der Waals surface area contributed by atoms with Crippen LogP contribution in [-0.2, 0) is 11.0 Å². The van der Waals surface area contributed by atoms with Crippen molar-refractivity contribution in [1.29, 1.82) is 0 Å². The van der Waals surface area contributed by atoms with Gasteiger partial charge in [-0.15, -0.1) is 0 Å². The van der Waals surface area contributed by atoms with Crippen molar-refractivity contribution in [3.05, 3.63) is 35.4 Å². The molecule has 0 radical (unpaired) electrons. The highest BCUT2D eigenvalue weighted by Gasteiger charge is 2.44. The topological polar surface area (TPSA) is 37.3 Å². The van der Waals surface area contributed by atoms with Gasteiger partial charge < -0.3 is 5.11 Å². The Morgan fingerprint density at radius 2 is 1.81 bits per heavy atom. The van der Waals surface area contributed by atoms with Crippen LogP contribution in [0.15, 0.2) is 24.3 Å². The zero-order chi connectivity index (χ0) is 11.9. The molecule has 2 atom stereocenters. The zero-order valence-corrected chi connectivity index (χ0v) is 8.16. The van der Waals surface area contributed by atoms with Crippen molar-refractivity contribution in [1.82, 2.24) is 0 Å². The Labute approximate surface area is 89.7 Å². The lowest BCUT2D eigenvalue weighted by Crippen LogP contribution is -2.04. The number of hydrogen-bond acceptors (Lipinski definition) is 1. The summed E-state index contributed by atoms with van der Waals surface area (Å²) in [5.74, 6) is -1.44. The zero-order valence-electron chi connectivity index (χ0n) is 8.16. The van der Waals surface area contributed by atoms with E-state index < -0.39 is 23.6 Å². The number of halogens is 3. The summed E-state index contributed by atoms with van der Waals surface area (Å²) in [6, 6.07) is 4.70. The predicted molar refractivity (Wildman–Crippen MR) is 49.9 cm³/mol. The number of alkyl halides is 3. The first-order valence-electron chi connectivity index (χ1n) is 4.79. The van der Waals surface area contributed by atoms with Crippen molar-refractivity contribution in [3.8, 4) is 0 Å². The standard InChI is InChI=1S/C11H9F3O2/c12-11(13,14)7-3-1-6(2-4-7)8-5-9(8)10(15)16/h1-4,8-9H,5H2,(H,15,16)/t8-,9+/m1/s1. The van der Waals surface area contributed by atoms with E-state index in [1.807, 2.05) is 0 Å². The van der Waals surface area contributed by atoms with Crippen molar-refractivity contribution in [2.75, 3.05) is 0 Å². The maximum atomic E-state index is 12.2. The molecule has 1 aromatic carbocycles. The number of carbonyl (C=O) groups is 1. The molecule has 0 amide bonds. The van der Waals surface area contributed by atoms with E-state index in [1.165, 1.54) is 12.1 Å². The van der Waals surface area contributed by atoms with E-state index in [2.05, 4.69) is 0 Å². The minimum Gasteiger partial charge on any atom is -0.481 e. The lowest BCUT2D eigenvalue weighted by molar-refractivity contribution is -0.139. The van der Waals surface area contributed by atoms with Crippen LogP contribution in [-0.4, -0.2) is 11.1 Å². The second kappa shape index (κ2) is 3.50. The van der Waals surface area contributed by atoms with E-state index in [1.54, 1.807) is 0 Å². The number of hydrogen-bond donors (Lipinski definition) is 1. The van der Waals surface area contributed by atoms with Crippen LogP contribution in [0.3, 0.4) is 0 Å². The van der Waals surface area contributed by atoms with Gasteiger partial charge in [0, 0.05) is 0 Å². The van der Waals surface area contributed by atoms with Gasteiger partial charge in [-0.2, -0.15) is 13.2 Å². The molecule has 0 unspecified atom stereocenters. The molecule has 0 aliphatic heterocycles. The van der Waals surface area contributed by atoms with Crippen LogP contribution < -0.4 is 0 Å². The Bertz CT molecular complexity index is 408. The van der Waals surface area contributed by atoms with Crippen LogP contribution >= 0.6 is 0 Å². The van der Waals surface area contributed by atoms with Crippen molar-refractivity contribution in [2.24, 2.45) is 5.92 Å². The third-order valence-corrected chi connectivity index (χ3v) is 2.77. The normalized spacial score (nSPS) is 24.2. The third-order valence-electron chi connectivity index (χ3n) is 2.77. The molecule has 0 saturated heterocycles. The van der Waals surface area contributed by atoms with Crippen molar-refractivity contribution < 1.29 is 23.1 Å². The SMILES string of the molecule is O=C(O)[C@H]1C[C@@H]1c1ccc(C(F)(F)F)cc1. The summed E-state index contributed by atoms with van der Waals surface area (Å²) in [5.41, 5.74) is -0.0378. The Morgan fingerprint density at radius 3 is 2.19 bits per heavy atom. The second-order valence-corrected chi connectivity index (χ2v) is 3.91. The van der Waals surface area contributed by atoms with Crippen LogP contribution in [0, 0.1) is 5.92 Å². The van der Waals surface area contributed by atoms with Gasteiger partial charge in [0.25, 0.3) is 0 Å².